The number of hydrogen-bond donors (Lipinski definition) is 1. The minimum atomic E-state index is -0.758. The Kier molecular flexibility index (Phi) is 5.19. The summed E-state index contributed by atoms with van der Waals surface area (Å²) in [5.41, 5.74) is -0.537. The maximum absolute atomic E-state index is 12.9. The molecule has 0 fully saturated rings. The van der Waals surface area contributed by atoms with Gasteiger partial charge in [0.25, 0.3) is 11.6 Å². The van der Waals surface area contributed by atoms with Crippen molar-refractivity contribution in [3.8, 4) is 0 Å². The number of anilines is 1. The molecule has 0 radical (unpaired) electrons. The van der Waals surface area contributed by atoms with Crippen LogP contribution in [0.3, 0.4) is 0 Å². The van der Waals surface area contributed by atoms with E-state index in [2.05, 4.69) is 5.32 Å². The largest absolute Gasteiger partial charge is 0.372 e. The molecule has 7 heteroatoms. The SMILES string of the molecule is CCCOCC(=O)Nc1ccc(F)cc1[N+](=O)[O-]. The normalized spacial score (nSPS) is 10.1. The van der Waals surface area contributed by atoms with Gasteiger partial charge in [-0.3, -0.25) is 14.9 Å². The van der Waals surface area contributed by atoms with Crippen molar-refractivity contribution in [1.29, 1.82) is 0 Å². The van der Waals surface area contributed by atoms with Gasteiger partial charge in [0.15, 0.2) is 0 Å². The van der Waals surface area contributed by atoms with E-state index >= 15 is 0 Å². The Morgan fingerprint density at radius 2 is 2.28 bits per heavy atom. The zero-order valence-corrected chi connectivity index (χ0v) is 9.81. The zero-order valence-electron chi connectivity index (χ0n) is 9.81. The third-order valence-corrected chi connectivity index (χ3v) is 2.01. The first-order valence-electron chi connectivity index (χ1n) is 5.36. The summed E-state index contributed by atoms with van der Waals surface area (Å²) in [6.45, 7) is 2.13. The molecule has 18 heavy (non-hydrogen) atoms. The van der Waals surface area contributed by atoms with E-state index in [1.165, 1.54) is 0 Å². The van der Waals surface area contributed by atoms with Crippen molar-refractivity contribution >= 4 is 17.3 Å². The van der Waals surface area contributed by atoms with E-state index in [0.717, 1.165) is 24.6 Å². The van der Waals surface area contributed by atoms with E-state index in [-0.39, 0.29) is 12.3 Å². The Balaban J connectivity index is 2.72. The molecule has 0 aliphatic carbocycles. The van der Waals surface area contributed by atoms with Crippen molar-refractivity contribution in [2.45, 2.75) is 13.3 Å². The smallest absolute Gasteiger partial charge is 0.295 e. The molecular formula is C11H13FN2O4. The van der Waals surface area contributed by atoms with Crippen LogP contribution in [0.4, 0.5) is 15.8 Å². The summed E-state index contributed by atoms with van der Waals surface area (Å²) in [4.78, 5) is 21.3. The molecule has 0 unspecified atom stereocenters. The number of nitro groups is 1. The molecule has 0 spiro atoms. The van der Waals surface area contributed by atoms with Crippen molar-refractivity contribution in [2.24, 2.45) is 0 Å². The lowest BCUT2D eigenvalue weighted by molar-refractivity contribution is -0.384. The van der Waals surface area contributed by atoms with E-state index < -0.39 is 22.3 Å². The van der Waals surface area contributed by atoms with Crippen LogP contribution in [0.1, 0.15) is 13.3 Å². The van der Waals surface area contributed by atoms with Gasteiger partial charge in [-0.05, 0) is 18.6 Å². The average molecular weight is 256 g/mol. The molecule has 1 aromatic rings. The Labute approximate surface area is 103 Å². The second kappa shape index (κ2) is 6.65. The Morgan fingerprint density at radius 3 is 2.89 bits per heavy atom. The highest BCUT2D eigenvalue weighted by atomic mass is 19.1. The van der Waals surface area contributed by atoms with Crippen LogP contribution in [-0.2, 0) is 9.53 Å². The van der Waals surface area contributed by atoms with Crippen molar-refractivity contribution in [2.75, 3.05) is 18.5 Å². The first kappa shape index (κ1) is 14.0. The summed E-state index contributed by atoms with van der Waals surface area (Å²) in [7, 11) is 0. The third-order valence-electron chi connectivity index (χ3n) is 2.01. The summed E-state index contributed by atoms with van der Waals surface area (Å²) < 4.78 is 17.8. The summed E-state index contributed by atoms with van der Waals surface area (Å²) in [6, 6.07) is 2.93. The van der Waals surface area contributed by atoms with Crippen molar-refractivity contribution in [3.05, 3.63) is 34.1 Å². The van der Waals surface area contributed by atoms with Crippen LogP contribution < -0.4 is 5.32 Å². The highest BCUT2D eigenvalue weighted by Gasteiger charge is 2.16. The number of halogens is 1. The predicted molar refractivity (Wildman–Crippen MR) is 62.8 cm³/mol. The molecule has 6 nitrogen and oxygen atoms in total. The number of ether oxygens (including phenoxy) is 1. The van der Waals surface area contributed by atoms with Crippen molar-refractivity contribution < 1.29 is 18.8 Å². The molecule has 1 rings (SSSR count). The lowest BCUT2D eigenvalue weighted by Gasteiger charge is -2.06. The van der Waals surface area contributed by atoms with Crippen LogP contribution in [0.15, 0.2) is 18.2 Å². The fourth-order valence-electron chi connectivity index (χ4n) is 1.26. The van der Waals surface area contributed by atoms with Gasteiger partial charge < -0.3 is 10.1 Å². The summed E-state index contributed by atoms with van der Waals surface area (Å²) in [6.07, 6.45) is 0.768. The molecule has 1 aromatic carbocycles. The first-order chi connectivity index (χ1) is 8.54. The van der Waals surface area contributed by atoms with E-state index in [1.54, 1.807) is 0 Å². The monoisotopic (exact) mass is 256 g/mol. The minimum absolute atomic E-state index is 0.0495. The molecule has 0 saturated heterocycles. The maximum atomic E-state index is 12.9. The van der Waals surface area contributed by atoms with Crippen LogP contribution in [0.5, 0.6) is 0 Å². The first-order valence-corrected chi connectivity index (χ1v) is 5.36. The van der Waals surface area contributed by atoms with Gasteiger partial charge in [0.1, 0.15) is 18.1 Å². The summed E-state index contributed by atoms with van der Waals surface area (Å²) >= 11 is 0. The van der Waals surface area contributed by atoms with E-state index in [1.807, 2.05) is 6.92 Å². The summed E-state index contributed by atoms with van der Waals surface area (Å²) in [5.74, 6) is -1.25. The van der Waals surface area contributed by atoms with E-state index in [0.29, 0.717) is 6.61 Å². The maximum Gasteiger partial charge on any atom is 0.295 e. The molecule has 0 saturated carbocycles. The molecular weight excluding hydrogens is 243 g/mol. The van der Waals surface area contributed by atoms with Gasteiger partial charge in [0.2, 0.25) is 0 Å². The number of nitrogens with zero attached hydrogens (tertiary/aromatic N) is 1. The van der Waals surface area contributed by atoms with Gasteiger partial charge in [-0.1, -0.05) is 6.92 Å². The van der Waals surface area contributed by atoms with Gasteiger partial charge in [-0.25, -0.2) is 4.39 Å². The fraction of sp³-hybridized carbons (Fsp3) is 0.364. The van der Waals surface area contributed by atoms with Crippen molar-refractivity contribution in [1.82, 2.24) is 0 Å². The van der Waals surface area contributed by atoms with Gasteiger partial charge in [0.05, 0.1) is 11.0 Å². The number of amides is 1. The fourth-order valence-corrected chi connectivity index (χ4v) is 1.26. The van der Waals surface area contributed by atoms with Gasteiger partial charge >= 0.3 is 0 Å². The molecule has 0 atom stereocenters. The quantitative estimate of drug-likeness (QED) is 0.480. The highest BCUT2D eigenvalue weighted by molar-refractivity contribution is 5.93. The van der Waals surface area contributed by atoms with Crippen LogP contribution in [-0.4, -0.2) is 24.0 Å². The Hall–Kier alpha value is -2.02. The number of benzene rings is 1. The zero-order chi connectivity index (χ0) is 13.5. The minimum Gasteiger partial charge on any atom is -0.372 e. The highest BCUT2D eigenvalue weighted by Crippen LogP contribution is 2.24. The van der Waals surface area contributed by atoms with Crippen molar-refractivity contribution in [3.63, 3.8) is 0 Å². The molecule has 98 valence electrons. The molecule has 0 bridgehead atoms. The second-order valence-corrected chi connectivity index (χ2v) is 3.52. The molecule has 0 aromatic heterocycles. The summed E-state index contributed by atoms with van der Waals surface area (Å²) in [5, 5.41) is 13.0. The second-order valence-electron chi connectivity index (χ2n) is 3.52. The van der Waals surface area contributed by atoms with E-state index in [9.17, 15) is 19.3 Å². The Morgan fingerprint density at radius 1 is 1.56 bits per heavy atom. The lowest BCUT2D eigenvalue weighted by atomic mass is 10.2. The van der Waals surface area contributed by atoms with Gasteiger partial charge in [0, 0.05) is 6.61 Å². The molecule has 1 amide bonds. The Bertz CT molecular complexity index is 451. The number of hydrogen-bond acceptors (Lipinski definition) is 4. The number of nitrogens with one attached hydrogen (secondary N) is 1. The number of rotatable bonds is 6. The predicted octanol–water partition coefficient (Wildman–Crippen LogP) is 2.10. The molecule has 0 aliphatic heterocycles. The third kappa shape index (κ3) is 4.10. The lowest BCUT2D eigenvalue weighted by Crippen LogP contribution is -2.19. The van der Waals surface area contributed by atoms with Crippen LogP contribution in [0, 0.1) is 15.9 Å². The molecule has 0 heterocycles. The topological polar surface area (TPSA) is 81.5 Å². The van der Waals surface area contributed by atoms with Gasteiger partial charge in [-0.2, -0.15) is 0 Å². The van der Waals surface area contributed by atoms with Gasteiger partial charge in [-0.15, -0.1) is 0 Å². The molecule has 0 aliphatic rings. The number of nitro benzene ring substituents is 1. The van der Waals surface area contributed by atoms with Crippen LogP contribution in [0.25, 0.3) is 0 Å². The molecule has 1 N–H and O–H groups in total. The van der Waals surface area contributed by atoms with E-state index in [4.69, 9.17) is 4.74 Å². The number of carbonyl (C=O) groups excluding carboxylic acids is 1. The van der Waals surface area contributed by atoms with Crippen LogP contribution in [0.2, 0.25) is 0 Å². The average Bonchev–Trinajstić information content (AvgIpc) is 2.31. The van der Waals surface area contributed by atoms with Crippen LogP contribution >= 0.6 is 0 Å². The number of carbonyl (C=O) groups is 1. The standard InChI is InChI=1S/C11H13FN2O4/c1-2-5-18-7-11(15)13-9-4-3-8(12)6-10(9)14(16)17/h3-4,6H,2,5,7H2,1H3,(H,13,15).